The van der Waals surface area contributed by atoms with Crippen molar-refractivity contribution >= 4 is 5.96 Å². The lowest BCUT2D eigenvalue weighted by Crippen LogP contribution is -2.24. The number of nitrogens with two attached hydrogens (primary N) is 2. The van der Waals surface area contributed by atoms with Gasteiger partial charge in [0.25, 0.3) is 0 Å². The van der Waals surface area contributed by atoms with Crippen LogP contribution in [0.2, 0.25) is 0 Å². The molecular weight excluding hydrogens is 188 g/mol. The summed E-state index contributed by atoms with van der Waals surface area (Å²) in [5.41, 5.74) is 11.8. The topological polar surface area (TPSA) is 77.3 Å². The highest BCUT2D eigenvalue weighted by atomic mass is 15.0. The zero-order chi connectivity index (χ0) is 11.3. The van der Waals surface area contributed by atoms with Gasteiger partial charge >= 0.3 is 0 Å². The van der Waals surface area contributed by atoms with E-state index >= 15 is 0 Å². The SMILES string of the molecule is CC(C)[C@H](CN=C(N)N)c1cccnc1. The van der Waals surface area contributed by atoms with E-state index in [1.165, 1.54) is 5.56 Å². The molecule has 0 aliphatic carbocycles. The van der Waals surface area contributed by atoms with Gasteiger partial charge in [-0.1, -0.05) is 19.9 Å². The summed E-state index contributed by atoms with van der Waals surface area (Å²) in [6, 6.07) is 3.99. The third-order valence-corrected chi connectivity index (χ3v) is 2.39. The fourth-order valence-electron chi connectivity index (χ4n) is 1.50. The molecule has 1 rings (SSSR count). The molecule has 1 atom stereocenters. The summed E-state index contributed by atoms with van der Waals surface area (Å²) in [5.74, 6) is 0.947. The summed E-state index contributed by atoms with van der Waals surface area (Å²) in [5, 5.41) is 0. The molecule has 0 saturated heterocycles. The number of aliphatic imine (C=N–C) groups is 1. The molecule has 0 radical (unpaired) electrons. The Morgan fingerprint density at radius 1 is 1.47 bits per heavy atom. The second-order valence-corrected chi connectivity index (χ2v) is 3.90. The summed E-state index contributed by atoms with van der Waals surface area (Å²) in [4.78, 5) is 8.17. The molecule has 0 unspecified atom stereocenters. The van der Waals surface area contributed by atoms with Crippen molar-refractivity contribution in [3.8, 4) is 0 Å². The van der Waals surface area contributed by atoms with Crippen LogP contribution in [0.1, 0.15) is 25.3 Å². The van der Waals surface area contributed by atoms with Gasteiger partial charge in [-0.2, -0.15) is 0 Å². The first-order valence-corrected chi connectivity index (χ1v) is 5.06. The van der Waals surface area contributed by atoms with Crippen molar-refractivity contribution in [2.45, 2.75) is 19.8 Å². The Hall–Kier alpha value is -1.58. The van der Waals surface area contributed by atoms with E-state index in [4.69, 9.17) is 11.5 Å². The lowest BCUT2D eigenvalue weighted by atomic mass is 9.89. The van der Waals surface area contributed by atoms with Crippen LogP contribution in [-0.4, -0.2) is 17.5 Å². The number of rotatable bonds is 4. The average molecular weight is 206 g/mol. The van der Waals surface area contributed by atoms with Crippen LogP contribution in [0.3, 0.4) is 0 Å². The molecule has 0 saturated carbocycles. The van der Waals surface area contributed by atoms with Gasteiger partial charge in [0.15, 0.2) is 5.96 Å². The lowest BCUT2D eigenvalue weighted by Gasteiger charge is -2.18. The van der Waals surface area contributed by atoms with E-state index in [2.05, 4.69) is 29.9 Å². The molecule has 4 heteroatoms. The third-order valence-electron chi connectivity index (χ3n) is 2.39. The molecule has 1 aromatic rings. The Labute approximate surface area is 90.4 Å². The fourth-order valence-corrected chi connectivity index (χ4v) is 1.50. The molecular formula is C11H18N4. The monoisotopic (exact) mass is 206 g/mol. The van der Waals surface area contributed by atoms with Gasteiger partial charge in [-0.3, -0.25) is 9.98 Å². The molecule has 82 valence electrons. The predicted octanol–water partition coefficient (Wildman–Crippen LogP) is 1.09. The fraction of sp³-hybridized carbons (Fsp3) is 0.455. The average Bonchev–Trinajstić information content (AvgIpc) is 2.18. The van der Waals surface area contributed by atoms with Crippen molar-refractivity contribution < 1.29 is 0 Å². The van der Waals surface area contributed by atoms with Crippen LogP contribution in [0, 0.1) is 5.92 Å². The Morgan fingerprint density at radius 2 is 2.20 bits per heavy atom. The summed E-state index contributed by atoms with van der Waals surface area (Å²) in [7, 11) is 0. The Morgan fingerprint density at radius 3 is 2.67 bits per heavy atom. The molecule has 0 aliphatic heterocycles. The zero-order valence-electron chi connectivity index (χ0n) is 9.22. The summed E-state index contributed by atoms with van der Waals surface area (Å²) >= 11 is 0. The Bertz CT molecular complexity index is 315. The van der Waals surface area contributed by atoms with Gasteiger partial charge in [-0.05, 0) is 17.5 Å². The maximum Gasteiger partial charge on any atom is 0.185 e. The van der Waals surface area contributed by atoms with E-state index in [9.17, 15) is 0 Å². The molecule has 1 aromatic heterocycles. The minimum Gasteiger partial charge on any atom is -0.370 e. The quantitative estimate of drug-likeness (QED) is 0.572. The smallest absolute Gasteiger partial charge is 0.185 e. The van der Waals surface area contributed by atoms with Gasteiger partial charge in [0.1, 0.15) is 0 Å². The van der Waals surface area contributed by atoms with Crippen molar-refractivity contribution in [3.63, 3.8) is 0 Å². The second-order valence-electron chi connectivity index (χ2n) is 3.90. The minimum atomic E-state index is 0.143. The second kappa shape index (κ2) is 5.34. The van der Waals surface area contributed by atoms with Crippen LogP contribution < -0.4 is 11.5 Å². The van der Waals surface area contributed by atoms with E-state index in [-0.39, 0.29) is 5.96 Å². The van der Waals surface area contributed by atoms with Gasteiger partial charge in [-0.15, -0.1) is 0 Å². The van der Waals surface area contributed by atoms with Gasteiger partial charge in [0.2, 0.25) is 0 Å². The van der Waals surface area contributed by atoms with Crippen LogP contribution >= 0.6 is 0 Å². The molecule has 4 N–H and O–H groups in total. The Balaban J connectivity index is 2.80. The number of guanidine groups is 1. The lowest BCUT2D eigenvalue weighted by molar-refractivity contribution is 0.505. The molecule has 0 aliphatic rings. The predicted molar refractivity (Wildman–Crippen MR) is 62.5 cm³/mol. The van der Waals surface area contributed by atoms with E-state index < -0.39 is 0 Å². The summed E-state index contributed by atoms with van der Waals surface area (Å²) in [6.45, 7) is 4.92. The maximum atomic E-state index is 5.33. The number of hydrogen-bond acceptors (Lipinski definition) is 2. The number of pyridine rings is 1. The van der Waals surface area contributed by atoms with Gasteiger partial charge in [-0.25, -0.2) is 0 Å². The highest BCUT2D eigenvalue weighted by Gasteiger charge is 2.15. The zero-order valence-corrected chi connectivity index (χ0v) is 9.22. The molecule has 0 aromatic carbocycles. The first-order valence-electron chi connectivity index (χ1n) is 5.06. The molecule has 0 amide bonds. The molecule has 4 nitrogen and oxygen atoms in total. The highest BCUT2D eigenvalue weighted by Crippen LogP contribution is 2.23. The maximum absolute atomic E-state index is 5.33. The van der Waals surface area contributed by atoms with Crippen LogP contribution in [0.15, 0.2) is 29.5 Å². The van der Waals surface area contributed by atoms with E-state index in [0.29, 0.717) is 18.4 Å². The van der Waals surface area contributed by atoms with E-state index in [0.717, 1.165) is 0 Å². The number of hydrogen-bond donors (Lipinski definition) is 2. The third kappa shape index (κ3) is 3.58. The number of aromatic nitrogens is 1. The summed E-state index contributed by atoms with van der Waals surface area (Å²) < 4.78 is 0. The van der Waals surface area contributed by atoms with Crippen molar-refractivity contribution in [1.29, 1.82) is 0 Å². The Kier molecular flexibility index (Phi) is 4.09. The normalized spacial score (nSPS) is 12.5. The molecule has 1 heterocycles. The van der Waals surface area contributed by atoms with Crippen molar-refractivity contribution in [2.24, 2.45) is 22.4 Å². The standard InChI is InChI=1S/C11H18N4/c1-8(2)10(7-15-11(12)13)9-4-3-5-14-6-9/h3-6,8,10H,7H2,1-2H3,(H4,12,13,15)/t10-/m0/s1. The van der Waals surface area contributed by atoms with Gasteiger partial charge in [0.05, 0.1) is 0 Å². The van der Waals surface area contributed by atoms with E-state index in [1.807, 2.05) is 12.3 Å². The first kappa shape index (κ1) is 11.5. The van der Waals surface area contributed by atoms with Crippen molar-refractivity contribution in [2.75, 3.05) is 6.54 Å². The van der Waals surface area contributed by atoms with Gasteiger partial charge in [0, 0.05) is 24.9 Å². The van der Waals surface area contributed by atoms with Crippen molar-refractivity contribution in [3.05, 3.63) is 30.1 Å². The van der Waals surface area contributed by atoms with Gasteiger partial charge < -0.3 is 11.5 Å². The largest absolute Gasteiger partial charge is 0.370 e. The molecule has 0 fully saturated rings. The van der Waals surface area contributed by atoms with Crippen LogP contribution in [0.4, 0.5) is 0 Å². The van der Waals surface area contributed by atoms with Crippen molar-refractivity contribution in [1.82, 2.24) is 4.98 Å². The molecule has 0 spiro atoms. The minimum absolute atomic E-state index is 0.143. The van der Waals surface area contributed by atoms with E-state index in [1.54, 1.807) is 6.20 Å². The number of nitrogens with zero attached hydrogens (tertiary/aromatic N) is 2. The highest BCUT2D eigenvalue weighted by molar-refractivity contribution is 5.75. The molecule has 15 heavy (non-hydrogen) atoms. The van der Waals surface area contributed by atoms with Crippen LogP contribution in [0.25, 0.3) is 0 Å². The summed E-state index contributed by atoms with van der Waals surface area (Å²) in [6.07, 6.45) is 3.63. The van der Waals surface area contributed by atoms with Crippen LogP contribution in [0.5, 0.6) is 0 Å². The van der Waals surface area contributed by atoms with Crippen LogP contribution in [-0.2, 0) is 0 Å². The first-order chi connectivity index (χ1) is 7.11. The molecule has 0 bridgehead atoms.